The number of aromatic nitrogens is 2. The number of esters is 1. The molecule has 19 heavy (non-hydrogen) atoms. The normalized spacial score (nSPS) is 11.7. The second-order valence-corrected chi connectivity index (χ2v) is 3.87. The van der Waals surface area contributed by atoms with E-state index in [-0.39, 0.29) is 18.3 Å². The number of ether oxygens (including phenoxy) is 1. The molecule has 0 saturated carbocycles. The van der Waals surface area contributed by atoms with Crippen molar-refractivity contribution in [3.8, 4) is 0 Å². The molecule has 2 aromatic rings. The lowest BCUT2D eigenvalue weighted by Crippen LogP contribution is -2.14. The number of rotatable bonds is 4. The number of nitrogens with two attached hydrogens (primary N) is 1. The van der Waals surface area contributed by atoms with Gasteiger partial charge >= 0.3 is 5.97 Å². The first kappa shape index (κ1) is 12.9. The Morgan fingerprint density at radius 3 is 3.05 bits per heavy atom. The van der Waals surface area contributed by atoms with Crippen LogP contribution < -0.4 is 5.73 Å². The minimum atomic E-state index is -0.340. The highest BCUT2D eigenvalue weighted by molar-refractivity contribution is 6.00. The molecule has 100 valence electrons. The molecule has 0 fully saturated rings. The summed E-state index contributed by atoms with van der Waals surface area (Å²) in [4.78, 5) is 11.4. The highest BCUT2D eigenvalue weighted by atomic mass is 16.5. The minimum absolute atomic E-state index is 0.0278. The smallest absolute Gasteiger partial charge is 0.327 e. The van der Waals surface area contributed by atoms with Gasteiger partial charge in [-0.25, -0.2) is 0 Å². The van der Waals surface area contributed by atoms with Crippen LogP contribution in [0.25, 0.3) is 10.9 Å². The fourth-order valence-electron chi connectivity index (χ4n) is 1.76. The van der Waals surface area contributed by atoms with Crippen molar-refractivity contribution in [2.75, 3.05) is 6.61 Å². The Kier molecular flexibility index (Phi) is 3.65. The highest BCUT2D eigenvalue weighted by Gasteiger charge is 2.09. The van der Waals surface area contributed by atoms with E-state index in [9.17, 15) is 4.79 Å². The van der Waals surface area contributed by atoms with Crippen LogP contribution in [0.2, 0.25) is 0 Å². The number of amidine groups is 1. The van der Waals surface area contributed by atoms with Crippen LogP contribution in [0.1, 0.15) is 12.5 Å². The van der Waals surface area contributed by atoms with E-state index in [1.807, 2.05) is 0 Å². The predicted molar refractivity (Wildman–Crippen MR) is 68.9 cm³/mol. The molecule has 3 N–H and O–H groups in total. The van der Waals surface area contributed by atoms with Crippen molar-refractivity contribution in [1.82, 2.24) is 9.78 Å². The standard InChI is InChI=1S/C12H14N4O3/c1-2-19-11(17)7-16-10-4-3-8(12(13)15-18)5-9(10)6-14-16/h3-6,18H,2,7H2,1H3,(H2,13,15). The zero-order valence-electron chi connectivity index (χ0n) is 10.4. The topological polar surface area (TPSA) is 103 Å². The van der Waals surface area contributed by atoms with Crippen LogP contribution in [0, 0.1) is 0 Å². The first-order chi connectivity index (χ1) is 9.15. The highest BCUT2D eigenvalue weighted by Crippen LogP contribution is 2.15. The van der Waals surface area contributed by atoms with Gasteiger partial charge < -0.3 is 15.7 Å². The number of carbonyl (C=O) groups is 1. The van der Waals surface area contributed by atoms with Crippen LogP contribution in [-0.2, 0) is 16.1 Å². The molecule has 0 radical (unpaired) electrons. The third kappa shape index (κ3) is 2.65. The van der Waals surface area contributed by atoms with Crippen LogP contribution in [0.3, 0.4) is 0 Å². The van der Waals surface area contributed by atoms with Crippen molar-refractivity contribution in [2.24, 2.45) is 10.9 Å². The van der Waals surface area contributed by atoms with E-state index in [1.165, 1.54) is 0 Å². The largest absolute Gasteiger partial charge is 0.465 e. The fourth-order valence-corrected chi connectivity index (χ4v) is 1.76. The van der Waals surface area contributed by atoms with Crippen molar-refractivity contribution in [1.29, 1.82) is 0 Å². The number of fused-ring (bicyclic) bond motifs is 1. The van der Waals surface area contributed by atoms with Crippen molar-refractivity contribution >= 4 is 22.7 Å². The van der Waals surface area contributed by atoms with E-state index in [0.29, 0.717) is 12.2 Å². The Hall–Kier alpha value is -2.57. The Morgan fingerprint density at radius 1 is 1.58 bits per heavy atom. The van der Waals surface area contributed by atoms with Gasteiger partial charge in [0.05, 0.1) is 18.3 Å². The molecule has 7 nitrogen and oxygen atoms in total. The molecule has 1 heterocycles. The van der Waals surface area contributed by atoms with E-state index >= 15 is 0 Å². The number of hydrogen-bond donors (Lipinski definition) is 2. The van der Waals surface area contributed by atoms with Gasteiger partial charge in [-0.05, 0) is 25.1 Å². The summed E-state index contributed by atoms with van der Waals surface area (Å²) in [6.45, 7) is 2.15. The van der Waals surface area contributed by atoms with E-state index < -0.39 is 0 Å². The van der Waals surface area contributed by atoms with Crippen LogP contribution in [0.4, 0.5) is 0 Å². The van der Waals surface area contributed by atoms with Crippen molar-refractivity contribution in [3.05, 3.63) is 30.0 Å². The second kappa shape index (κ2) is 5.38. The number of oxime groups is 1. The fraction of sp³-hybridized carbons (Fsp3) is 0.250. The number of benzene rings is 1. The summed E-state index contributed by atoms with van der Waals surface area (Å²) >= 11 is 0. The molecular formula is C12H14N4O3. The average molecular weight is 262 g/mol. The van der Waals surface area contributed by atoms with Crippen molar-refractivity contribution < 1.29 is 14.7 Å². The first-order valence-corrected chi connectivity index (χ1v) is 5.74. The molecular weight excluding hydrogens is 248 g/mol. The van der Waals surface area contributed by atoms with Gasteiger partial charge in [0.15, 0.2) is 5.84 Å². The SMILES string of the molecule is CCOC(=O)Cn1ncc2cc(/C(N)=N\O)ccc21. The molecule has 0 aliphatic heterocycles. The summed E-state index contributed by atoms with van der Waals surface area (Å²) < 4.78 is 6.42. The third-order valence-corrected chi connectivity index (χ3v) is 2.63. The third-order valence-electron chi connectivity index (χ3n) is 2.63. The Bertz CT molecular complexity index is 633. The molecule has 2 rings (SSSR count). The molecule has 1 aromatic carbocycles. The van der Waals surface area contributed by atoms with E-state index in [4.69, 9.17) is 15.7 Å². The lowest BCUT2D eigenvalue weighted by molar-refractivity contribution is -0.143. The molecule has 0 bridgehead atoms. The van der Waals surface area contributed by atoms with Crippen molar-refractivity contribution in [2.45, 2.75) is 13.5 Å². The lowest BCUT2D eigenvalue weighted by atomic mass is 10.1. The summed E-state index contributed by atoms with van der Waals surface area (Å²) in [5, 5.41) is 16.5. The monoisotopic (exact) mass is 262 g/mol. The van der Waals surface area contributed by atoms with Gasteiger partial charge in [-0.15, -0.1) is 0 Å². The van der Waals surface area contributed by atoms with Gasteiger partial charge in [-0.1, -0.05) is 5.16 Å². The maximum atomic E-state index is 11.4. The van der Waals surface area contributed by atoms with E-state index in [0.717, 1.165) is 10.9 Å². The zero-order valence-corrected chi connectivity index (χ0v) is 10.4. The molecule has 0 atom stereocenters. The van der Waals surface area contributed by atoms with Crippen LogP contribution in [0.15, 0.2) is 29.6 Å². The molecule has 0 amide bonds. The molecule has 0 aliphatic rings. The Balaban J connectivity index is 2.32. The van der Waals surface area contributed by atoms with E-state index in [2.05, 4.69) is 10.3 Å². The number of carbonyl (C=O) groups excluding carboxylic acids is 1. The maximum absolute atomic E-state index is 11.4. The Morgan fingerprint density at radius 2 is 2.37 bits per heavy atom. The lowest BCUT2D eigenvalue weighted by Gasteiger charge is -2.04. The quantitative estimate of drug-likeness (QED) is 0.277. The summed E-state index contributed by atoms with van der Waals surface area (Å²) in [6.07, 6.45) is 1.61. The molecule has 0 aliphatic carbocycles. The zero-order chi connectivity index (χ0) is 13.8. The molecule has 1 aromatic heterocycles. The van der Waals surface area contributed by atoms with Crippen molar-refractivity contribution in [3.63, 3.8) is 0 Å². The summed E-state index contributed by atoms with van der Waals surface area (Å²) in [5.74, 6) is -0.312. The molecule has 0 spiro atoms. The maximum Gasteiger partial charge on any atom is 0.327 e. The van der Waals surface area contributed by atoms with Gasteiger partial charge in [-0.3, -0.25) is 9.48 Å². The summed E-state index contributed by atoms with van der Waals surface area (Å²) in [6, 6.07) is 5.19. The van der Waals surface area contributed by atoms with Gasteiger partial charge in [-0.2, -0.15) is 5.10 Å². The predicted octanol–water partition coefficient (Wildman–Crippen LogP) is 0.694. The molecule has 7 heteroatoms. The summed E-state index contributed by atoms with van der Waals surface area (Å²) in [7, 11) is 0. The van der Waals surface area contributed by atoms with Gasteiger partial charge in [0.25, 0.3) is 0 Å². The Labute approximate surface area is 109 Å². The van der Waals surface area contributed by atoms with Crippen LogP contribution in [0.5, 0.6) is 0 Å². The summed E-state index contributed by atoms with van der Waals surface area (Å²) in [5.41, 5.74) is 6.88. The first-order valence-electron chi connectivity index (χ1n) is 5.74. The van der Waals surface area contributed by atoms with Gasteiger partial charge in [0.1, 0.15) is 6.54 Å². The van der Waals surface area contributed by atoms with Gasteiger partial charge in [0, 0.05) is 10.9 Å². The minimum Gasteiger partial charge on any atom is -0.465 e. The molecule has 0 unspecified atom stereocenters. The second-order valence-electron chi connectivity index (χ2n) is 3.87. The number of hydrogen-bond acceptors (Lipinski definition) is 5. The molecule has 0 saturated heterocycles. The van der Waals surface area contributed by atoms with Crippen LogP contribution in [-0.4, -0.2) is 33.4 Å². The van der Waals surface area contributed by atoms with Crippen LogP contribution >= 0.6 is 0 Å². The van der Waals surface area contributed by atoms with Gasteiger partial charge in [0.2, 0.25) is 0 Å². The average Bonchev–Trinajstić information content (AvgIpc) is 2.80. The number of nitrogens with zero attached hydrogens (tertiary/aromatic N) is 3. The van der Waals surface area contributed by atoms with E-state index in [1.54, 1.807) is 36.0 Å².